The second-order valence-corrected chi connectivity index (χ2v) is 5.25. The van der Waals surface area contributed by atoms with Crippen molar-refractivity contribution in [2.45, 2.75) is 38.3 Å². The average Bonchev–Trinajstić information content (AvgIpc) is 2.47. The van der Waals surface area contributed by atoms with Crippen molar-refractivity contribution in [3.8, 4) is 11.5 Å². The Labute approximate surface area is 114 Å². The van der Waals surface area contributed by atoms with Crippen LogP contribution in [0.15, 0.2) is 18.2 Å². The van der Waals surface area contributed by atoms with Crippen LogP contribution >= 0.6 is 0 Å². The molecule has 0 amide bonds. The molecule has 0 atom stereocenters. The fourth-order valence-corrected chi connectivity index (χ4v) is 2.68. The van der Waals surface area contributed by atoms with E-state index in [1.807, 2.05) is 12.1 Å². The molecule has 1 aliphatic rings. The largest absolute Gasteiger partial charge is 0.504 e. The van der Waals surface area contributed by atoms with Gasteiger partial charge in [-0.05, 0) is 37.7 Å². The maximum Gasteiger partial charge on any atom is 0.162 e. The highest BCUT2D eigenvalue weighted by atomic mass is 16.5. The highest BCUT2D eigenvalue weighted by molar-refractivity contribution is 5.45. The first kappa shape index (κ1) is 14.2. The molecule has 4 heteroatoms. The monoisotopic (exact) mass is 265 g/mol. The zero-order valence-corrected chi connectivity index (χ0v) is 11.4. The van der Waals surface area contributed by atoms with Crippen molar-refractivity contribution < 1.29 is 14.9 Å². The van der Waals surface area contributed by atoms with Crippen molar-refractivity contribution in [1.82, 2.24) is 5.32 Å². The minimum Gasteiger partial charge on any atom is -0.504 e. The predicted octanol–water partition coefficient (Wildman–Crippen LogP) is 2.04. The molecule has 2 rings (SSSR count). The normalized spacial score (nSPS) is 23.3. The number of aromatic hydroxyl groups is 1. The number of para-hydroxylation sites is 1. The van der Waals surface area contributed by atoms with Gasteiger partial charge in [-0.2, -0.15) is 0 Å². The summed E-state index contributed by atoms with van der Waals surface area (Å²) < 4.78 is 5.10. The van der Waals surface area contributed by atoms with Crippen LogP contribution in [-0.4, -0.2) is 30.0 Å². The van der Waals surface area contributed by atoms with Gasteiger partial charge in [0, 0.05) is 24.8 Å². The molecule has 0 saturated heterocycles. The fourth-order valence-electron chi connectivity index (χ4n) is 2.68. The van der Waals surface area contributed by atoms with Crippen molar-refractivity contribution in [3.63, 3.8) is 0 Å². The maximum atomic E-state index is 10.0. The van der Waals surface area contributed by atoms with Crippen LogP contribution in [0.25, 0.3) is 0 Å². The minimum atomic E-state index is 0.224. The summed E-state index contributed by atoms with van der Waals surface area (Å²) in [5.41, 5.74) is 0.864. The van der Waals surface area contributed by atoms with Crippen LogP contribution in [0.4, 0.5) is 0 Å². The smallest absolute Gasteiger partial charge is 0.162 e. The molecule has 0 aliphatic heterocycles. The van der Waals surface area contributed by atoms with E-state index in [0.29, 0.717) is 30.9 Å². The quantitative estimate of drug-likeness (QED) is 0.762. The molecule has 0 spiro atoms. The summed E-state index contributed by atoms with van der Waals surface area (Å²) in [6.07, 6.45) is 4.35. The lowest BCUT2D eigenvalue weighted by Crippen LogP contribution is -2.33. The van der Waals surface area contributed by atoms with E-state index in [0.717, 1.165) is 31.2 Å². The maximum absolute atomic E-state index is 10.0. The second kappa shape index (κ2) is 6.78. The minimum absolute atomic E-state index is 0.224. The Bertz CT molecular complexity index is 400. The third kappa shape index (κ3) is 3.61. The third-order valence-corrected chi connectivity index (χ3v) is 3.99. The van der Waals surface area contributed by atoms with Gasteiger partial charge in [-0.15, -0.1) is 0 Å². The van der Waals surface area contributed by atoms with Gasteiger partial charge in [-0.1, -0.05) is 12.1 Å². The number of ether oxygens (including phenoxy) is 1. The molecular formula is C15H23NO3. The standard InChI is InChI=1S/C15H23NO3/c1-19-14-4-2-3-12(15(14)18)9-16-13-7-5-11(10-17)6-8-13/h2-4,11,13,16-18H,5-10H2,1H3. The van der Waals surface area contributed by atoms with Crippen LogP contribution in [0.3, 0.4) is 0 Å². The van der Waals surface area contributed by atoms with Crippen molar-refractivity contribution in [3.05, 3.63) is 23.8 Å². The van der Waals surface area contributed by atoms with E-state index in [1.54, 1.807) is 13.2 Å². The predicted molar refractivity (Wildman–Crippen MR) is 74.3 cm³/mol. The van der Waals surface area contributed by atoms with Crippen LogP contribution in [0, 0.1) is 5.92 Å². The second-order valence-electron chi connectivity index (χ2n) is 5.25. The molecule has 1 aromatic carbocycles. The molecule has 1 aliphatic carbocycles. The Morgan fingerprint density at radius 2 is 2.00 bits per heavy atom. The molecule has 4 nitrogen and oxygen atoms in total. The van der Waals surface area contributed by atoms with Crippen LogP contribution < -0.4 is 10.1 Å². The molecule has 0 radical (unpaired) electrons. The zero-order chi connectivity index (χ0) is 13.7. The van der Waals surface area contributed by atoms with Gasteiger partial charge in [-0.25, -0.2) is 0 Å². The number of benzene rings is 1. The molecule has 1 fully saturated rings. The van der Waals surface area contributed by atoms with Gasteiger partial charge in [0.2, 0.25) is 0 Å². The Kier molecular flexibility index (Phi) is 5.05. The van der Waals surface area contributed by atoms with Crippen molar-refractivity contribution in [2.75, 3.05) is 13.7 Å². The first-order chi connectivity index (χ1) is 9.24. The lowest BCUT2D eigenvalue weighted by atomic mass is 9.86. The molecule has 19 heavy (non-hydrogen) atoms. The lowest BCUT2D eigenvalue weighted by molar-refractivity contribution is 0.175. The molecule has 1 aromatic rings. The summed E-state index contributed by atoms with van der Waals surface area (Å²) in [6.45, 7) is 0.959. The lowest BCUT2D eigenvalue weighted by Gasteiger charge is -2.28. The highest BCUT2D eigenvalue weighted by Crippen LogP contribution is 2.30. The van der Waals surface area contributed by atoms with Gasteiger partial charge >= 0.3 is 0 Å². The zero-order valence-electron chi connectivity index (χ0n) is 11.4. The Hall–Kier alpha value is -1.26. The first-order valence-electron chi connectivity index (χ1n) is 6.93. The van der Waals surface area contributed by atoms with Crippen LogP contribution in [0.5, 0.6) is 11.5 Å². The Morgan fingerprint density at radius 1 is 1.26 bits per heavy atom. The number of phenols is 1. The van der Waals surface area contributed by atoms with E-state index in [1.165, 1.54) is 0 Å². The Morgan fingerprint density at radius 3 is 2.63 bits per heavy atom. The van der Waals surface area contributed by atoms with Crippen LogP contribution in [0.2, 0.25) is 0 Å². The summed E-state index contributed by atoms with van der Waals surface area (Å²) in [4.78, 5) is 0. The SMILES string of the molecule is COc1cccc(CNC2CCC(CO)CC2)c1O. The number of rotatable bonds is 5. The van der Waals surface area contributed by atoms with Crippen LogP contribution in [0.1, 0.15) is 31.2 Å². The summed E-state index contributed by atoms with van der Waals surface area (Å²) in [7, 11) is 1.56. The highest BCUT2D eigenvalue weighted by Gasteiger charge is 2.20. The Balaban J connectivity index is 1.86. The van der Waals surface area contributed by atoms with E-state index in [9.17, 15) is 5.11 Å². The van der Waals surface area contributed by atoms with Gasteiger partial charge in [-0.3, -0.25) is 0 Å². The summed E-state index contributed by atoms with van der Waals surface area (Å²) in [5.74, 6) is 1.22. The van der Waals surface area contributed by atoms with Gasteiger partial charge < -0.3 is 20.3 Å². The van der Waals surface area contributed by atoms with E-state index in [2.05, 4.69) is 5.32 Å². The van der Waals surface area contributed by atoms with Crippen LogP contribution in [-0.2, 0) is 6.54 Å². The molecule has 1 saturated carbocycles. The van der Waals surface area contributed by atoms with Crippen molar-refractivity contribution in [1.29, 1.82) is 0 Å². The topological polar surface area (TPSA) is 61.7 Å². The molecular weight excluding hydrogens is 242 g/mol. The summed E-state index contributed by atoms with van der Waals surface area (Å²) >= 11 is 0. The molecule has 0 bridgehead atoms. The fraction of sp³-hybridized carbons (Fsp3) is 0.600. The number of nitrogens with one attached hydrogen (secondary N) is 1. The van der Waals surface area contributed by atoms with Crippen molar-refractivity contribution in [2.24, 2.45) is 5.92 Å². The number of hydrogen-bond donors (Lipinski definition) is 3. The van der Waals surface area contributed by atoms with Gasteiger partial charge in [0.05, 0.1) is 7.11 Å². The average molecular weight is 265 g/mol. The van der Waals surface area contributed by atoms with E-state index >= 15 is 0 Å². The number of phenolic OH excluding ortho intramolecular Hbond substituents is 1. The van der Waals surface area contributed by atoms with Crippen molar-refractivity contribution >= 4 is 0 Å². The van der Waals surface area contributed by atoms with E-state index in [4.69, 9.17) is 9.84 Å². The van der Waals surface area contributed by atoms with Gasteiger partial charge in [0.15, 0.2) is 11.5 Å². The summed E-state index contributed by atoms with van der Waals surface area (Å²) in [6, 6.07) is 6.03. The molecule has 0 unspecified atom stereocenters. The molecule has 0 heterocycles. The molecule has 3 N–H and O–H groups in total. The third-order valence-electron chi connectivity index (χ3n) is 3.99. The van der Waals surface area contributed by atoms with E-state index < -0.39 is 0 Å². The number of methoxy groups -OCH3 is 1. The van der Waals surface area contributed by atoms with E-state index in [-0.39, 0.29) is 5.75 Å². The number of hydrogen-bond acceptors (Lipinski definition) is 4. The molecule has 106 valence electrons. The summed E-state index contributed by atoms with van der Waals surface area (Å²) in [5, 5.41) is 22.6. The first-order valence-corrected chi connectivity index (χ1v) is 6.93. The van der Waals surface area contributed by atoms with Gasteiger partial charge in [0.1, 0.15) is 0 Å². The number of aliphatic hydroxyl groups excluding tert-OH is 1. The number of aliphatic hydroxyl groups is 1. The molecule has 0 aromatic heterocycles. The van der Waals surface area contributed by atoms with Gasteiger partial charge in [0.25, 0.3) is 0 Å².